The SMILES string of the molecule is Cn1cc(CCCN=C(N)N2CCOCC2)cn1. The average molecular weight is 251 g/mol. The van der Waals surface area contributed by atoms with Crippen molar-refractivity contribution in [2.45, 2.75) is 12.8 Å². The second-order valence-corrected chi connectivity index (χ2v) is 4.47. The van der Waals surface area contributed by atoms with Gasteiger partial charge in [0.15, 0.2) is 5.96 Å². The lowest BCUT2D eigenvalue weighted by atomic mass is 10.2. The van der Waals surface area contributed by atoms with E-state index in [0.29, 0.717) is 5.96 Å². The fourth-order valence-electron chi connectivity index (χ4n) is 1.97. The van der Waals surface area contributed by atoms with Crippen LogP contribution in [0.1, 0.15) is 12.0 Å². The number of hydrogen-bond donors (Lipinski definition) is 1. The summed E-state index contributed by atoms with van der Waals surface area (Å²) in [5, 5.41) is 4.14. The van der Waals surface area contributed by atoms with E-state index in [0.717, 1.165) is 45.7 Å². The van der Waals surface area contributed by atoms with E-state index < -0.39 is 0 Å². The highest BCUT2D eigenvalue weighted by Gasteiger charge is 2.11. The molecule has 1 fully saturated rings. The second-order valence-electron chi connectivity index (χ2n) is 4.47. The number of ether oxygens (including phenoxy) is 1. The first kappa shape index (κ1) is 12.9. The predicted octanol–water partition coefficient (Wildman–Crippen LogP) is -0.000400. The van der Waals surface area contributed by atoms with Crippen molar-refractivity contribution in [1.29, 1.82) is 0 Å². The number of morpholine rings is 1. The van der Waals surface area contributed by atoms with Crippen LogP contribution in [0.15, 0.2) is 17.4 Å². The lowest BCUT2D eigenvalue weighted by Gasteiger charge is -2.27. The Morgan fingerprint density at radius 2 is 2.28 bits per heavy atom. The fraction of sp³-hybridized carbons (Fsp3) is 0.667. The van der Waals surface area contributed by atoms with Crippen molar-refractivity contribution >= 4 is 5.96 Å². The van der Waals surface area contributed by atoms with E-state index in [1.54, 1.807) is 0 Å². The Morgan fingerprint density at radius 1 is 1.50 bits per heavy atom. The molecule has 0 aliphatic carbocycles. The maximum Gasteiger partial charge on any atom is 0.191 e. The highest BCUT2D eigenvalue weighted by molar-refractivity contribution is 5.78. The van der Waals surface area contributed by atoms with Crippen LogP contribution in [0.5, 0.6) is 0 Å². The zero-order chi connectivity index (χ0) is 12.8. The third-order valence-corrected chi connectivity index (χ3v) is 2.99. The standard InChI is InChI=1S/C12H21N5O/c1-16-10-11(9-15-16)3-2-4-14-12(13)17-5-7-18-8-6-17/h9-10H,2-8H2,1H3,(H2,13,14). The zero-order valence-electron chi connectivity index (χ0n) is 10.9. The van der Waals surface area contributed by atoms with Crippen LogP contribution >= 0.6 is 0 Å². The number of aromatic nitrogens is 2. The van der Waals surface area contributed by atoms with Crippen LogP contribution in [0.4, 0.5) is 0 Å². The number of nitrogens with two attached hydrogens (primary N) is 1. The Morgan fingerprint density at radius 3 is 2.94 bits per heavy atom. The molecule has 6 nitrogen and oxygen atoms in total. The van der Waals surface area contributed by atoms with E-state index >= 15 is 0 Å². The Balaban J connectivity index is 1.70. The predicted molar refractivity (Wildman–Crippen MR) is 70.4 cm³/mol. The summed E-state index contributed by atoms with van der Waals surface area (Å²) in [5.74, 6) is 0.643. The molecule has 1 aliphatic rings. The van der Waals surface area contributed by atoms with Gasteiger partial charge in [-0.1, -0.05) is 0 Å². The molecule has 1 saturated heterocycles. The van der Waals surface area contributed by atoms with Gasteiger partial charge in [0.05, 0.1) is 19.4 Å². The minimum atomic E-state index is 0.643. The number of guanidine groups is 1. The number of nitrogens with zero attached hydrogens (tertiary/aromatic N) is 4. The summed E-state index contributed by atoms with van der Waals surface area (Å²) in [5.41, 5.74) is 7.18. The third kappa shape index (κ3) is 3.73. The maximum absolute atomic E-state index is 5.94. The van der Waals surface area contributed by atoms with Gasteiger partial charge in [0.25, 0.3) is 0 Å². The fourth-order valence-corrected chi connectivity index (χ4v) is 1.97. The summed E-state index contributed by atoms with van der Waals surface area (Å²) in [6.45, 7) is 3.94. The Hall–Kier alpha value is -1.56. The molecule has 0 spiro atoms. The quantitative estimate of drug-likeness (QED) is 0.464. The largest absolute Gasteiger partial charge is 0.378 e. The molecule has 100 valence electrons. The van der Waals surface area contributed by atoms with Gasteiger partial charge in [-0.05, 0) is 18.4 Å². The van der Waals surface area contributed by atoms with Gasteiger partial charge in [-0.25, -0.2) is 0 Å². The highest BCUT2D eigenvalue weighted by atomic mass is 16.5. The molecule has 2 heterocycles. The van der Waals surface area contributed by atoms with E-state index in [9.17, 15) is 0 Å². The number of rotatable bonds is 4. The molecule has 0 atom stereocenters. The van der Waals surface area contributed by atoms with E-state index in [2.05, 4.69) is 15.0 Å². The molecule has 0 amide bonds. The summed E-state index contributed by atoms with van der Waals surface area (Å²) in [7, 11) is 1.93. The average Bonchev–Trinajstić information content (AvgIpc) is 2.81. The van der Waals surface area contributed by atoms with Crippen molar-refractivity contribution in [1.82, 2.24) is 14.7 Å². The lowest BCUT2D eigenvalue weighted by Crippen LogP contribution is -2.44. The van der Waals surface area contributed by atoms with Gasteiger partial charge >= 0.3 is 0 Å². The lowest BCUT2D eigenvalue weighted by molar-refractivity contribution is 0.0674. The molecular formula is C12H21N5O. The van der Waals surface area contributed by atoms with Gasteiger partial charge in [-0.2, -0.15) is 5.10 Å². The first-order valence-corrected chi connectivity index (χ1v) is 6.36. The van der Waals surface area contributed by atoms with E-state index in [4.69, 9.17) is 10.5 Å². The molecule has 0 bridgehead atoms. The van der Waals surface area contributed by atoms with Crippen LogP contribution in [0.25, 0.3) is 0 Å². The second kappa shape index (κ2) is 6.39. The van der Waals surface area contributed by atoms with E-state index in [1.165, 1.54) is 5.56 Å². The summed E-state index contributed by atoms with van der Waals surface area (Å²) < 4.78 is 7.09. The molecular weight excluding hydrogens is 230 g/mol. The summed E-state index contributed by atoms with van der Waals surface area (Å²) >= 11 is 0. The van der Waals surface area contributed by atoms with Crippen molar-refractivity contribution in [2.75, 3.05) is 32.8 Å². The summed E-state index contributed by atoms with van der Waals surface area (Å²) in [6.07, 6.45) is 5.93. The Labute approximate surface area is 107 Å². The molecule has 1 aromatic rings. The number of hydrogen-bond acceptors (Lipinski definition) is 3. The van der Waals surface area contributed by atoms with Crippen molar-refractivity contribution < 1.29 is 4.74 Å². The van der Waals surface area contributed by atoms with E-state index in [1.807, 2.05) is 24.1 Å². The maximum atomic E-state index is 5.94. The van der Waals surface area contributed by atoms with E-state index in [-0.39, 0.29) is 0 Å². The van der Waals surface area contributed by atoms with Gasteiger partial charge in [-0.3, -0.25) is 9.67 Å². The third-order valence-electron chi connectivity index (χ3n) is 2.99. The Kier molecular flexibility index (Phi) is 4.58. The van der Waals surface area contributed by atoms with Crippen molar-refractivity contribution in [3.63, 3.8) is 0 Å². The summed E-state index contributed by atoms with van der Waals surface area (Å²) in [6, 6.07) is 0. The van der Waals surface area contributed by atoms with Gasteiger partial charge in [0.2, 0.25) is 0 Å². The van der Waals surface area contributed by atoms with Gasteiger partial charge in [-0.15, -0.1) is 0 Å². The van der Waals surface area contributed by atoms with Crippen LogP contribution in [0, 0.1) is 0 Å². The van der Waals surface area contributed by atoms with Gasteiger partial charge in [0.1, 0.15) is 0 Å². The molecule has 0 aromatic carbocycles. The monoisotopic (exact) mass is 251 g/mol. The zero-order valence-corrected chi connectivity index (χ0v) is 10.9. The minimum Gasteiger partial charge on any atom is -0.378 e. The molecule has 18 heavy (non-hydrogen) atoms. The number of aryl methyl sites for hydroxylation is 2. The topological polar surface area (TPSA) is 68.7 Å². The van der Waals surface area contributed by atoms with Crippen LogP contribution in [-0.4, -0.2) is 53.5 Å². The highest BCUT2D eigenvalue weighted by Crippen LogP contribution is 2.01. The summed E-state index contributed by atoms with van der Waals surface area (Å²) in [4.78, 5) is 6.48. The van der Waals surface area contributed by atoms with Gasteiger partial charge < -0.3 is 15.4 Å². The molecule has 0 saturated carbocycles. The van der Waals surface area contributed by atoms with Crippen LogP contribution < -0.4 is 5.73 Å². The molecule has 6 heteroatoms. The molecule has 0 unspecified atom stereocenters. The smallest absolute Gasteiger partial charge is 0.191 e. The molecule has 1 aromatic heterocycles. The van der Waals surface area contributed by atoms with Crippen LogP contribution in [0.2, 0.25) is 0 Å². The molecule has 2 N–H and O–H groups in total. The van der Waals surface area contributed by atoms with Crippen LogP contribution in [-0.2, 0) is 18.2 Å². The molecule has 0 radical (unpaired) electrons. The first-order chi connectivity index (χ1) is 8.75. The molecule has 1 aliphatic heterocycles. The first-order valence-electron chi connectivity index (χ1n) is 6.36. The minimum absolute atomic E-state index is 0.643. The Bertz CT molecular complexity index is 395. The normalized spacial score (nSPS) is 17.2. The van der Waals surface area contributed by atoms with Crippen molar-refractivity contribution in [3.8, 4) is 0 Å². The number of aliphatic imine (C=N–C) groups is 1. The van der Waals surface area contributed by atoms with Crippen molar-refractivity contribution in [3.05, 3.63) is 18.0 Å². The van der Waals surface area contributed by atoms with Crippen molar-refractivity contribution in [2.24, 2.45) is 17.8 Å². The molecule has 2 rings (SSSR count). The van der Waals surface area contributed by atoms with Gasteiger partial charge in [0, 0.05) is 32.9 Å². The van der Waals surface area contributed by atoms with Crippen LogP contribution in [0.3, 0.4) is 0 Å².